The van der Waals surface area contributed by atoms with Gasteiger partial charge in [0.1, 0.15) is 5.54 Å². The van der Waals surface area contributed by atoms with Gasteiger partial charge in [0.2, 0.25) is 5.91 Å². The van der Waals surface area contributed by atoms with Crippen molar-refractivity contribution >= 4 is 30.7 Å². The molecule has 2 aliphatic rings. The number of piperidine rings is 1. The molecular formula is C23H31Cl2N3O. The molecule has 158 valence electrons. The Morgan fingerprint density at radius 2 is 1.52 bits per heavy atom. The van der Waals surface area contributed by atoms with Crippen molar-refractivity contribution in [3.8, 4) is 0 Å². The van der Waals surface area contributed by atoms with Gasteiger partial charge in [-0.15, -0.1) is 24.8 Å². The molecular weight excluding hydrogens is 405 g/mol. The van der Waals surface area contributed by atoms with Crippen LogP contribution < -0.4 is 11.1 Å². The number of benzene rings is 2. The zero-order valence-electron chi connectivity index (χ0n) is 16.8. The zero-order valence-corrected chi connectivity index (χ0v) is 18.4. The average Bonchev–Trinajstić information content (AvgIpc) is 2.91. The first-order valence-electron chi connectivity index (χ1n) is 9.99. The lowest BCUT2D eigenvalue weighted by Gasteiger charge is -2.40. The molecule has 3 N–H and O–H groups in total. The summed E-state index contributed by atoms with van der Waals surface area (Å²) in [6.45, 7) is 2.81. The summed E-state index contributed by atoms with van der Waals surface area (Å²) >= 11 is 0. The summed E-state index contributed by atoms with van der Waals surface area (Å²) < 4.78 is 0. The van der Waals surface area contributed by atoms with Crippen LogP contribution in [0, 0.1) is 0 Å². The molecule has 2 fully saturated rings. The van der Waals surface area contributed by atoms with Gasteiger partial charge in [-0.2, -0.15) is 0 Å². The number of hydrogen-bond acceptors (Lipinski definition) is 3. The Bertz CT molecular complexity index is 771. The van der Waals surface area contributed by atoms with Gasteiger partial charge in [-0.25, -0.2) is 0 Å². The third kappa shape index (κ3) is 5.13. The van der Waals surface area contributed by atoms with Gasteiger partial charge in [-0.3, -0.25) is 9.69 Å². The maximum absolute atomic E-state index is 12.9. The molecule has 6 heteroatoms. The fraction of sp³-hybridized carbons (Fsp3) is 0.435. The molecule has 2 aromatic rings. The number of fused-ring (bicyclic) bond motifs is 2. The van der Waals surface area contributed by atoms with E-state index in [9.17, 15) is 4.79 Å². The number of halogens is 2. The van der Waals surface area contributed by atoms with Crippen molar-refractivity contribution in [2.24, 2.45) is 5.73 Å². The number of hydrogen-bond donors (Lipinski definition) is 2. The van der Waals surface area contributed by atoms with Crippen molar-refractivity contribution < 1.29 is 4.79 Å². The largest absolute Gasteiger partial charge is 0.351 e. The van der Waals surface area contributed by atoms with Crippen LogP contribution in [0.5, 0.6) is 0 Å². The summed E-state index contributed by atoms with van der Waals surface area (Å²) in [5, 5.41) is 3.25. The Labute approximate surface area is 186 Å². The molecule has 0 spiro atoms. The standard InChI is InChI=1S/C23H29N3O.2ClH/c1-23(24,18-10-6-3-7-11-18)22(27)25-19-14-20-12-13-21(15-19)26(20)16-17-8-4-2-5-9-17;;/h2-11,19-21H,12-16,24H2,1H3,(H,25,27);2*1H. The first kappa shape index (κ1) is 23.7. The molecule has 2 saturated heterocycles. The number of amides is 1. The molecule has 0 aliphatic carbocycles. The maximum Gasteiger partial charge on any atom is 0.244 e. The quantitative estimate of drug-likeness (QED) is 0.745. The van der Waals surface area contributed by atoms with Crippen molar-refractivity contribution in [2.75, 3.05) is 0 Å². The van der Waals surface area contributed by atoms with E-state index in [4.69, 9.17) is 5.73 Å². The summed E-state index contributed by atoms with van der Waals surface area (Å²) in [4.78, 5) is 15.5. The van der Waals surface area contributed by atoms with Crippen LogP contribution in [0.25, 0.3) is 0 Å². The normalized spacial score (nSPS) is 25.2. The number of nitrogens with zero attached hydrogens (tertiary/aromatic N) is 1. The van der Waals surface area contributed by atoms with Gasteiger partial charge < -0.3 is 11.1 Å². The number of rotatable bonds is 5. The van der Waals surface area contributed by atoms with Crippen molar-refractivity contribution in [1.29, 1.82) is 0 Å². The molecule has 1 amide bonds. The molecule has 29 heavy (non-hydrogen) atoms. The topological polar surface area (TPSA) is 58.4 Å². The lowest BCUT2D eigenvalue weighted by atomic mass is 9.90. The van der Waals surface area contributed by atoms with E-state index in [1.54, 1.807) is 6.92 Å². The van der Waals surface area contributed by atoms with E-state index in [0.29, 0.717) is 12.1 Å². The Balaban J connectivity index is 0.00000150. The second kappa shape index (κ2) is 9.94. The van der Waals surface area contributed by atoms with Gasteiger partial charge in [0.25, 0.3) is 0 Å². The summed E-state index contributed by atoms with van der Waals surface area (Å²) in [6, 6.07) is 21.6. The second-order valence-electron chi connectivity index (χ2n) is 8.25. The predicted molar refractivity (Wildman–Crippen MR) is 122 cm³/mol. The van der Waals surface area contributed by atoms with Crippen LogP contribution in [0.3, 0.4) is 0 Å². The Kier molecular flexibility index (Phi) is 8.12. The van der Waals surface area contributed by atoms with E-state index in [2.05, 4.69) is 40.5 Å². The minimum absolute atomic E-state index is 0. The average molecular weight is 436 g/mol. The van der Waals surface area contributed by atoms with Crippen LogP contribution in [0.15, 0.2) is 60.7 Å². The van der Waals surface area contributed by atoms with Gasteiger partial charge in [0.15, 0.2) is 0 Å². The highest BCUT2D eigenvalue weighted by atomic mass is 35.5. The molecule has 3 atom stereocenters. The third-order valence-corrected chi connectivity index (χ3v) is 6.27. The van der Waals surface area contributed by atoms with E-state index < -0.39 is 5.54 Å². The summed E-state index contributed by atoms with van der Waals surface area (Å²) in [5.41, 5.74) is 7.62. The van der Waals surface area contributed by atoms with E-state index in [0.717, 1.165) is 24.9 Å². The summed E-state index contributed by atoms with van der Waals surface area (Å²) in [6.07, 6.45) is 4.48. The lowest BCUT2D eigenvalue weighted by molar-refractivity contribution is -0.127. The predicted octanol–water partition coefficient (Wildman–Crippen LogP) is 4.02. The Morgan fingerprint density at radius 1 is 1.00 bits per heavy atom. The monoisotopic (exact) mass is 435 g/mol. The van der Waals surface area contributed by atoms with Crippen LogP contribution >= 0.6 is 24.8 Å². The Morgan fingerprint density at radius 3 is 2.07 bits per heavy atom. The second-order valence-corrected chi connectivity index (χ2v) is 8.25. The third-order valence-electron chi connectivity index (χ3n) is 6.27. The molecule has 2 bridgehead atoms. The van der Waals surface area contributed by atoms with Crippen LogP contribution in [0.4, 0.5) is 0 Å². The first-order valence-corrected chi connectivity index (χ1v) is 9.99. The molecule has 2 aromatic carbocycles. The van der Waals surface area contributed by atoms with Gasteiger partial charge in [0, 0.05) is 24.7 Å². The molecule has 2 aliphatic heterocycles. The van der Waals surface area contributed by atoms with Crippen LogP contribution in [0.2, 0.25) is 0 Å². The Hall–Kier alpha value is -1.59. The van der Waals surface area contributed by atoms with Crippen molar-refractivity contribution in [3.05, 3.63) is 71.8 Å². The molecule has 2 heterocycles. The smallest absolute Gasteiger partial charge is 0.244 e. The van der Waals surface area contributed by atoms with Crippen molar-refractivity contribution in [3.63, 3.8) is 0 Å². The first-order chi connectivity index (χ1) is 13.0. The maximum atomic E-state index is 12.9. The van der Waals surface area contributed by atoms with Crippen LogP contribution in [0.1, 0.15) is 43.7 Å². The highest BCUT2D eigenvalue weighted by Crippen LogP contribution is 2.37. The lowest BCUT2D eigenvalue weighted by Crippen LogP contribution is -2.56. The SMILES string of the molecule is CC(N)(C(=O)NC1CC2CCC(C1)N2Cc1ccccc1)c1ccccc1.Cl.Cl. The molecule has 0 radical (unpaired) electrons. The number of carbonyl (C=O) groups is 1. The van der Waals surface area contributed by atoms with Gasteiger partial charge in [0.05, 0.1) is 0 Å². The molecule has 0 saturated carbocycles. The van der Waals surface area contributed by atoms with E-state index in [1.165, 1.54) is 18.4 Å². The summed E-state index contributed by atoms with van der Waals surface area (Å²) in [7, 11) is 0. The van der Waals surface area contributed by atoms with Crippen LogP contribution in [-0.2, 0) is 16.9 Å². The summed E-state index contributed by atoms with van der Waals surface area (Å²) in [5.74, 6) is -0.0744. The van der Waals surface area contributed by atoms with E-state index in [-0.39, 0.29) is 36.8 Å². The number of nitrogens with two attached hydrogens (primary N) is 1. The van der Waals surface area contributed by atoms with Crippen molar-refractivity contribution in [2.45, 2.75) is 62.8 Å². The van der Waals surface area contributed by atoms with Crippen molar-refractivity contribution in [1.82, 2.24) is 10.2 Å². The van der Waals surface area contributed by atoms with Gasteiger partial charge in [-0.1, -0.05) is 60.7 Å². The minimum Gasteiger partial charge on any atom is -0.351 e. The zero-order chi connectivity index (χ0) is 18.9. The van der Waals surface area contributed by atoms with Gasteiger partial charge >= 0.3 is 0 Å². The molecule has 4 nitrogen and oxygen atoms in total. The fourth-order valence-corrected chi connectivity index (χ4v) is 4.70. The number of nitrogens with one attached hydrogen (secondary N) is 1. The van der Waals surface area contributed by atoms with E-state index in [1.807, 2.05) is 30.3 Å². The van der Waals surface area contributed by atoms with Gasteiger partial charge in [-0.05, 0) is 43.7 Å². The molecule has 3 unspecified atom stereocenters. The van der Waals surface area contributed by atoms with Crippen LogP contribution in [-0.4, -0.2) is 28.9 Å². The number of carbonyl (C=O) groups excluding carboxylic acids is 1. The molecule has 0 aromatic heterocycles. The highest BCUT2D eigenvalue weighted by molar-refractivity contribution is 5.87. The minimum atomic E-state index is -0.999. The van der Waals surface area contributed by atoms with E-state index >= 15 is 0 Å². The highest BCUT2D eigenvalue weighted by Gasteiger charge is 2.42. The molecule has 4 rings (SSSR count). The fourth-order valence-electron chi connectivity index (χ4n) is 4.70.